The molecule has 0 radical (unpaired) electrons. The van der Waals surface area contributed by atoms with E-state index >= 15 is 0 Å². The van der Waals surface area contributed by atoms with Crippen molar-refractivity contribution in [2.45, 2.75) is 4.90 Å². The Morgan fingerprint density at radius 2 is 2.36 bits per heavy atom. The van der Waals surface area contributed by atoms with Crippen LogP contribution in [0.3, 0.4) is 0 Å². The van der Waals surface area contributed by atoms with Gasteiger partial charge in [-0.3, -0.25) is 0 Å². The third kappa shape index (κ3) is 1.67. The van der Waals surface area contributed by atoms with E-state index in [4.69, 9.17) is 11.6 Å². The summed E-state index contributed by atoms with van der Waals surface area (Å²) in [6.45, 7) is 0. The van der Waals surface area contributed by atoms with E-state index in [2.05, 4.69) is 9.46 Å². The van der Waals surface area contributed by atoms with Gasteiger partial charge in [-0.1, -0.05) is 11.6 Å². The molecule has 1 aliphatic heterocycles. The number of esters is 1. The maximum Gasteiger partial charge on any atom is 0.340 e. The third-order valence-electron chi connectivity index (χ3n) is 1.75. The zero-order chi connectivity index (χ0) is 10.1. The Labute approximate surface area is 94.1 Å². The fourth-order valence-corrected chi connectivity index (χ4v) is 3.37. The lowest BCUT2D eigenvalue weighted by molar-refractivity contribution is 0.0601. The van der Waals surface area contributed by atoms with Crippen LogP contribution in [0, 0.1) is 0 Å². The minimum atomic E-state index is -0.376. The molecule has 1 heterocycles. The van der Waals surface area contributed by atoms with Gasteiger partial charge in [0.2, 0.25) is 0 Å². The molecule has 0 saturated carbocycles. The maximum absolute atomic E-state index is 11.4. The number of halogens is 1. The van der Waals surface area contributed by atoms with Crippen LogP contribution in [0.15, 0.2) is 17.0 Å². The van der Waals surface area contributed by atoms with Crippen LogP contribution in [0.2, 0.25) is 5.02 Å². The first kappa shape index (κ1) is 10.0. The summed E-state index contributed by atoms with van der Waals surface area (Å²) in [4.78, 5) is 12.3. The van der Waals surface area contributed by atoms with E-state index in [-0.39, 0.29) is 5.97 Å². The normalized spacial score (nSPS) is 13.3. The van der Waals surface area contributed by atoms with Crippen molar-refractivity contribution in [2.75, 3.05) is 11.8 Å². The van der Waals surface area contributed by atoms with E-state index in [9.17, 15) is 4.79 Å². The Morgan fingerprint density at radius 3 is 3.07 bits per heavy atom. The van der Waals surface area contributed by atoms with E-state index in [1.54, 1.807) is 6.07 Å². The molecule has 1 aromatic carbocycles. The summed E-state index contributed by atoms with van der Waals surface area (Å²) in [7, 11) is 4.34. The predicted molar refractivity (Wildman–Crippen MR) is 59.9 cm³/mol. The Balaban J connectivity index is 2.54. The third-order valence-corrected chi connectivity index (χ3v) is 3.88. The molecule has 0 fully saturated rings. The molecular weight excluding hydrogens is 242 g/mol. The molecule has 0 amide bonds. The van der Waals surface area contributed by atoms with Crippen LogP contribution >= 0.6 is 33.4 Å². The number of fused-ring (bicyclic) bond motifs is 1. The van der Waals surface area contributed by atoms with Gasteiger partial charge < -0.3 is 9.46 Å². The smallest absolute Gasteiger partial charge is 0.340 e. The minimum absolute atomic E-state index is 0.376. The summed E-state index contributed by atoms with van der Waals surface area (Å²) in [6.07, 6.45) is 0. The van der Waals surface area contributed by atoms with Crippen LogP contribution in [0.1, 0.15) is 10.4 Å². The summed E-state index contributed by atoms with van der Waals surface area (Å²) in [5, 5.41) is 0.543. The molecule has 14 heavy (non-hydrogen) atoms. The fraction of sp³-hybridized carbons (Fsp3) is 0.125. The quantitative estimate of drug-likeness (QED) is 0.469. The van der Waals surface area contributed by atoms with Gasteiger partial charge in [0, 0.05) is 20.9 Å². The maximum atomic E-state index is 11.4. The number of benzene rings is 1. The van der Waals surface area contributed by atoms with Crippen LogP contribution in [-0.4, -0.2) is 13.1 Å². The molecule has 0 aromatic heterocycles. The van der Waals surface area contributed by atoms with Crippen LogP contribution in [0.4, 0.5) is 5.69 Å². The van der Waals surface area contributed by atoms with Crippen LogP contribution < -0.4 is 4.72 Å². The summed E-state index contributed by atoms with van der Waals surface area (Å²) in [6, 6.07) is 3.42. The Kier molecular flexibility index (Phi) is 2.80. The monoisotopic (exact) mass is 247 g/mol. The van der Waals surface area contributed by atoms with Crippen LogP contribution in [0.25, 0.3) is 0 Å². The molecule has 1 aliphatic rings. The highest BCUT2D eigenvalue weighted by Gasteiger charge is 2.21. The molecule has 0 saturated heterocycles. The van der Waals surface area contributed by atoms with E-state index in [0.717, 1.165) is 10.6 Å². The lowest BCUT2D eigenvalue weighted by Crippen LogP contribution is -2.03. The van der Waals surface area contributed by atoms with Crippen LogP contribution in [0.5, 0.6) is 0 Å². The van der Waals surface area contributed by atoms with E-state index in [0.29, 0.717) is 10.6 Å². The highest BCUT2D eigenvalue weighted by molar-refractivity contribution is 8.77. The molecule has 1 N–H and O–H groups in total. The second-order valence-electron chi connectivity index (χ2n) is 2.59. The predicted octanol–water partition coefficient (Wildman–Crippen LogP) is 3.21. The molecule has 0 bridgehead atoms. The number of hydrogen-bond acceptors (Lipinski definition) is 5. The number of methoxy groups -OCH3 is 1. The summed E-state index contributed by atoms with van der Waals surface area (Å²) < 4.78 is 7.69. The van der Waals surface area contributed by atoms with Crippen molar-refractivity contribution in [2.24, 2.45) is 0 Å². The number of carbonyl (C=O) groups excluding carboxylic acids is 1. The summed E-state index contributed by atoms with van der Waals surface area (Å²) in [5.41, 5.74) is 1.27. The molecule has 0 atom stereocenters. The van der Waals surface area contributed by atoms with E-state index in [1.807, 2.05) is 6.07 Å². The van der Waals surface area contributed by atoms with Crippen LogP contribution in [-0.2, 0) is 4.74 Å². The molecular formula is C8H6ClNO2S2. The summed E-state index contributed by atoms with van der Waals surface area (Å²) >= 11 is 5.87. The first-order chi connectivity index (χ1) is 6.72. The lowest BCUT2D eigenvalue weighted by Gasteiger charge is -2.05. The van der Waals surface area contributed by atoms with Crippen molar-refractivity contribution in [1.29, 1.82) is 0 Å². The number of ether oxygens (including phenoxy) is 1. The number of carbonyl (C=O) groups is 1. The van der Waals surface area contributed by atoms with Gasteiger partial charge in [-0.15, -0.1) is 0 Å². The molecule has 6 heteroatoms. The van der Waals surface area contributed by atoms with Crippen molar-refractivity contribution >= 4 is 45.0 Å². The van der Waals surface area contributed by atoms with Crippen molar-refractivity contribution in [3.63, 3.8) is 0 Å². The fourth-order valence-electron chi connectivity index (χ4n) is 1.13. The lowest BCUT2D eigenvalue weighted by atomic mass is 10.2. The molecule has 1 aromatic rings. The molecule has 0 aliphatic carbocycles. The Hall–Kier alpha value is -0.520. The number of hydrogen-bond donors (Lipinski definition) is 1. The second-order valence-corrected chi connectivity index (χ2v) is 5.00. The molecule has 2 rings (SSSR count). The minimum Gasteiger partial charge on any atom is -0.465 e. The van der Waals surface area contributed by atoms with Crippen molar-refractivity contribution in [3.8, 4) is 0 Å². The summed E-state index contributed by atoms with van der Waals surface area (Å²) in [5.74, 6) is -0.376. The van der Waals surface area contributed by atoms with Gasteiger partial charge in [0.1, 0.15) is 0 Å². The zero-order valence-electron chi connectivity index (χ0n) is 7.17. The van der Waals surface area contributed by atoms with Gasteiger partial charge >= 0.3 is 5.97 Å². The zero-order valence-corrected chi connectivity index (χ0v) is 9.55. The average molecular weight is 248 g/mol. The molecule has 0 spiro atoms. The Morgan fingerprint density at radius 1 is 1.57 bits per heavy atom. The van der Waals surface area contributed by atoms with E-state index < -0.39 is 0 Å². The van der Waals surface area contributed by atoms with Crippen molar-refractivity contribution in [3.05, 3.63) is 22.7 Å². The molecule has 3 nitrogen and oxygen atoms in total. The highest BCUT2D eigenvalue weighted by atomic mass is 35.5. The number of anilines is 1. The number of rotatable bonds is 1. The average Bonchev–Trinajstić information content (AvgIpc) is 2.62. The first-order valence-corrected chi connectivity index (χ1v) is 6.26. The Bertz CT molecular complexity index is 397. The molecule has 74 valence electrons. The largest absolute Gasteiger partial charge is 0.465 e. The standard InChI is InChI=1S/C8H6ClNO2S2/c1-12-8(11)5-2-4(9)3-6-7(5)10-14-13-6/h2-3,10H,1H3. The van der Waals surface area contributed by atoms with Crippen molar-refractivity contribution < 1.29 is 9.53 Å². The van der Waals surface area contributed by atoms with Gasteiger partial charge in [0.05, 0.1) is 18.4 Å². The second kappa shape index (κ2) is 3.92. The number of nitrogens with one attached hydrogen (secondary N) is 1. The topological polar surface area (TPSA) is 38.3 Å². The highest BCUT2D eigenvalue weighted by Crippen LogP contribution is 2.47. The van der Waals surface area contributed by atoms with Gasteiger partial charge in [-0.25, -0.2) is 4.79 Å². The van der Waals surface area contributed by atoms with Gasteiger partial charge in [-0.2, -0.15) is 0 Å². The van der Waals surface area contributed by atoms with Gasteiger partial charge in [0.25, 0.3) is 0 Å². The SMILES string of the molecule is COC(=O)c1cc(Cl)cc2c1NSS2. The van der Waals surface area contributed by atoms with E-state index in [1.165, 1.54) is 28.9 Å². The first-order valence-electron chi connectivity index (χ1n) is 3.74. The van der Waals surface area contributed by atoms with Crippen molar-refractivity contribution in [1.82, 2.24) is 0 Å². The van der Waals surface area contributed by atoms with Gasteiger partial charge in [0.15, 0.2) is 0 Å². The molecule has 0 unspecified atom stereocenters. The van der Waals surface area contributed by atoms with Gasteiger partial charge in [-0.05, 0) is 22.9 Å².